The van der Waals surface area contributed by atoms with Crippen LogP contribution < -0.4 is 5.32 Å². The first-order chi connectivity index (χ1) is 8.86. The lowest BCUT2D eigenvalue weighted by Gasteiger charge is -2.33. The van der Waals surface area contributed by atoms with Crippen LogP contribution in [0.25, 0.3) is 0 Å². The predicted octanol–water partition coefficient (Wildman–Crippen LogP) is 3.96. The molecule has 1 aromatic carbocycles. The first-order valence-electron chi connectivity index (χ1n) is 6.66. The molecule has 4 heteroatoms. The van der Waals surface area contributed by atoms with Gasteiger partial charge in [0, 0.05) is 21.7 Å². The van der Waals surface area contributed by atoms with Gasteiger partial charge in [-0.15, -0.1) is 11.8 Å². The molecule has 2 N–H and O–H groups in total. The van der Waals surface area contributed by atoms with E-state index in [2.05, 4.69) is 33.0 Å². The Morgan fingerprint density at radius 1 is 1.32 bits per heavy atom. The molecule has 19 heavy (non-hydrogen) atoms. The van der Waals surface area contributed by atoms with E-state index in [4.69, 9.17) is 11.6 Å². The molecule has 0 aliphatic carbocycles. The summed E-state index contributed by atoms with van der Waals surface area (Å²) in [6, 6.07) is 8.24. The number of nitrogens with one attached hydrogen (secondary N) is 1. The Hall–Kier alpha value is -0.220. The van der Waals surface area contributed by atoms with Crippen LogP contribution in [0.1, 0.15) is 34.1 Å². The van der Waals surface area contributed by atoms with E-state index in [-0.39, 0.29) is 12.1 Å². The van der Waals surface area contributed by atoms with Crippen molar-refractivity contribution in [3.63, 3.8) is 0 Å². The molecule has 2 unspecified atom stereocenters. The van der Waals surface area contributed by atoms with Gasteiger partial charge in [0.25, 0.3) is 0 Å². The topological polar surface area (TPSA) is 32.3 Å². The van der Waals surface area contributed by atoms with Crippen LogP contribution in [0.5, 0.6) is 0 Å². The maximum atomic E-state index is 9.61. The smallest absolute Gasteiger partial charge is 0.0611 e. The fraction of sp³-hybridized carbons (Fsp3) is 0.600. The number of aliphatic hydroxyl groups is 1. The van der Waals surface area contributed by atoms with Gasteiger partial charge in [-0.25, -0.2) is 0 Å². The Morgan fingerprint density at radius 2 is 1.95 bits per heavy atom. The number of rotatable bonds is 7. The predicted molar refractivity (Wildman–Crippen MR) is 85.2 cm³/mol. The van der Waals surface area contributed by atoms with E-state index in [0.717, 1.165) is 16.3 Å². The third-order valence-corrected chi connectivity index (χ3v) is 4.51. The molecular weight excluding hydrogens is 278 g/mol. The van der Waals surface area contributed by atoms with Gasteiger partial charge in [-0.1, -0.05) is 44.5 Å². The van der Waals surface area contributed by atoms with Crippen molar-refractivity contribution >= 4 is 23.4 Å². The molecule has 108 valence electrons. The summed E-state index contributed by atoms with van der Waals surface area (Å²) in [6.07, 6.45) is 0.886. The second kappa shape index (κ2) is 7.53. The minimum Gasteiger partial charge on any atom is -0.394 e. The number of halogens is 1. The Labute approximate surface area is 125 Å². The van der Waals surface area contributed by atoms with Crippen LogP contribution in [0.15, 0.2) is 29.2 Å². The van der Waals surface area contributed by atoms with Crippen molar-refractivity contribution in [2.24, 2.45) is 0 Å². The maximum absolute atomic E-state index is 9.61. The molecule has 1 aromatic rings. The molecule has 0 amide bonds. The Balaban J connectivity index is 2.63. The molecule has 0 spiro atoms. The maximum Gasteiger partial charge on any atom is 0.0611 e. The molecule has 0 heterocycles. The molecule has 0 saturated heterocycles. The SMILES string of the molecule is CC(C)NC(C)(CO)CC(C)Sc1ccccc1Cl. The van der Waals surface area contributed by atoms with Gasteiger partial charge in [-0.3, -0.25) is 0 Å². The van der Waals surface area contributed by atoms with Crippen LogP contribution in [0, 0.1) is 0 Å². The summed E-state index contributed by atoms with van der Waals surface area (Å²) in [4.78, 5) is 1.10. The Bertz CT molecular complexity index is 399. The molecule has 2 nitrogen and oxygen atoms in total. The molecule has 0 aliphatic heterocycles. The van der Waals surface area contributed by atoms with Gasteiger partial charge in [0.15, 0.2) is 0 Å². The lowest BCUT2D eigenvalue weighted by atomic mass is 9.96. The first-order valence-corrected chi connectivity index (χ1v) is 7.92. The first kappa shape index (κ1) is 16.8. The zero-order valence-corrected chi connectivity index (χ0v) is 13.7. The Morgan fingerprint density at radius 3 is 2.47 bits per heavy atom. The van der Waals surface area contributed by atoms with Crippen molar-refractivity contribution in [1.29, 1.82) is 0 Å². The summed E-state index contributed by atoms with van der Waals surface area (Å²) in [6.45, 7) is 8.57. The summed E-state index contributed by atoms with van der Waals surface area (Å²) < 4.78 is 0. The van der Waals surface area contributed by atoms with Crippen molar-refractivity contribution in [3.05, 3.63) is 29.3 Å². The highest BCUT2D eigenvalue weighted by Gasteiger charge is 2.26. The second-order valence-corrected chi connectivity index (χ2v) is 7.47. The van der Waals surface area contributed by atoms with Gasteiger partial charge in [0.1, 0.15) is 0 Å². The highest BCUT2D eigenvalue weighted by molar-refractivity contribution is 8.00. The van der Waals surface area contributed by atoms with Gasteiger partial charge in [-0.05, 0) is 25.5 Å². The van der Waals surface area contributed by atoms with E-state index in [1.807, 2.05) is 24.3 Å². The average Bonchev–Trinajstić information content (AvgIpc) is 2.31. The highest BCUT2D eigenvalue weighted by Crippen LogP contribution is 2.33. The third kappa shape index (κ3) is 5.74. The molecule has 2 atom stereocenters. The zero-order valence-electron chi connectivity index (χ0n) is 12.1. The van der Waals surface area contributed by atoms with E-state index < -0.39 is 0 Å². The van der Waals surface area contributed by atoms with Crippen LogP contribution in [-0.4, -0.2) is 28.5 Å². The van der Waals surface area contributed by atoms with Crippen LogP contribution >= 0.6 is 23.4 Å². The Kier molecular flexibility index (Phi) is 6.67. The summed E-state index contributed by atoms with van der Waals surface area (Å²) in [5.41, 5.74) is -0.248. The summed E-state index contributed by atoms with van der Waals surface area (Å²) in [7, 11) is 0. The van der Waals surface area contributed by atoms with Crippen LogP contribution in [0.3, 0.4) is 0 Å². The van der Waals surface area contributed by atoms with Gasteiger partial charge in [0.05, 0.1) is 11.6 Å². The van der Waals surface area contributed by atoms with Gasteiger partial charge in [-0.2, -0.15) is 0 Å². The van der Waals surface area contributed by atoms with Crippen molar-refractivity contribution in [3.8, 4) is 0 Å². The summed E-state index contributed by atoms with van der Waals surface area (Å²) >= 11 is 7.93. The molecule has 0 fully saturated rings. The van der Waals surface area contributed by atoms with Crippen LogP contribution in [-0.2, 0) is 0 Å². The molecule has 0 bridgehead atoms. The number of aliphatic hydroxyl groups excluding tert-OH is 1. The molecule has 0 aliphatic rings. The van der Waals surface area contributed by atoms with Crippen molar-refractivity contribution in [2.75, 3.05) is 6.61 Å². The van der Waals surface area contributed by atoms with Crippen molar-refractivity contribution in [1.82, 2.24) is 5.32 Å². The van der Waals surface area contributed by atoms with Crippen molar-refractivity contribution < 1.29 is 5.11 Å². The molecule has 1 rings (SSSR count). The molecular formula is C15H24ClNOS. The number of thioether (sulfide) groups is 1. The quantitative estimate of drug-likeness (QED) is 0.748. The van der Waals surface area contributed by atoms with Crippen molar-refractivity contribution in [2.45, 2.75) is 55.8 Å². The lowest BCUT2D eigenvalue weighted by molar-refractivity contribution is 0.157. The fourth-order valence-electron chi connectivity index (χ4n) is 2.30. The summed E-state index contributed by atoms with van der Waals surface area (Å²) in [5, 5.41) is 14.2. The number of hydrogen-bond donors (Lipinski definition) is 2. The molecule has 0 saturated carbocycles. The lowest BCUT2D eigenvalue weighted by Crippen LogP contribution is -2.50. The largest absolute Gasteiger partial charge is 0.394 e. The number of benzene rings is 1. The van der Waals surface area contributed by atoms with Gasteiger partial charge >= 0.3 is 0 Å². The standard InChI is InChI=1S/C15H24ClNOS/c1-11(2)17-15(4,10-18)9-12(3)19-14-8-6-5-7-13(14)16/h5-8,11-12,17-18H,9-10H2,1-4H3. The highest BCUT2D eigenvalue weighted by atomic mass is 35.5. The monoisotopic (exact) mass is 301 g/mol. The molecule has 0 aromatic heterocycles. The fourth-order valence-corrected chi connectivity index (χ4v) is 3.79. The van der Waals surface area contributed by atoms with E-state index in [9.17, 15) is 5.11 Å². The summed E-state index contributed by atoms with van der Waals surface area (Å²) in [5.74, 6) is 0. The second-order valence-electron chi connectivity index (χ2n) is 5.58. The van der Waals surface area contributed by atoms with E-state index in [1.165, 1.54) is 0 Å². The minimum atomic E-state index is -0.248. The minimum absolute atomic E-state index is 0.138. The van der Waals surface area contributed by atoms with Crippen LogP contribution in [0.2, 0.25) is 5.02 Å². The van der Waals surface area contributed by atoms with Gasteiger partial charge in [0.2, 0.25) is 0 Å². The van der Waals surface area contributed by atoms with E-state index >= 15 is 0 Å². The van der Waals surface area contributed by atoms with Gasteiger partial charge < -0.3 is 10.4 Å². The average molecular weight is 302 g/mol. The zero-order chi connectivity index (χ0) is 14.5. The third-order valence-electron chi connectivity index (χ3n) is 2.89. The van der Waals surface area contributed by atoms with E-state index in [0.29, 0.717) is 11.3 Å². The van der Waals surface area contributed by atoms with Crippen LogP contribution in [0.4, 0.5) is 0 Å². The normalized spacial score (nSPS) is 16.4. The van der Waals surface area contributed by atoms with E-state index in [1.54, 1.807) is 11.8 Å². The number of hydrogen-bond acceptors (Lipinski definition) is 3. The molecule has 0 radical (unpaired) electrons.